The maximum Gasteiger partial charge on any atom is 0.0843 e. The van der Waals surface area contributed by atoms with Crippen LogP contribution in [0.1, 0.15) is 25.6 Å². The van der Waals surface area contributed by atoms with E-state index in [0.717, 1.165) is 21.3 Å². The van der Waals surface area contributed by atoms with E-state index >= 15 is 0 Å². The third kappa shape index (κ3) is 5.27. The molecule has 0 aliphatic heterocycles. The predicted molar refractivity (Wildman–Crippen MR) is 79.2 cm³/mol. The molecule has 1 aromatic rings. The molecule has 5 heteroatoms. The molecule has 0 spiro atoms. The monoisotopic (exact) mass is 368 g/mol. The highest BCUT2D eigenvalue weighted by atomic mass is 79.9. The predicted octanol–water partition coefficient (Wildman–Crippen LogP) is 3.75. The van der Waals surface area contributed by atoms with Crippen LogP contribution in [0, 0.1) is 0 Å². The van der Waals surface area contributed by atoms with Crippen molar-refractivity contribution in [2.75, 3.05) is 6.54 Å². The summed E-state index contributed by atoms with van der Waals surface area (Å²) in [7, 11) is 0. The highest BCUT2D eigenvalue weighted by molar-refractivity contribution is 9.13. The van der Waals surface area contributed by atoms with Crippen molar-refractivity contribution in [3.8, 4) is 0 Å². The molecular formula is C11H18Br2N2S. The fraction of sp³-hybridized carbons (Fsp3) is 0.636. The lowest BCUT2D eigenvalue weighted by molar-refractivity contribution is 0.475. The van der Waals surface area contributed by atoms with E-state index in [4.69, 9.17) is 0 Å². The van der Waals surface area contributed by atoms with Crippen LogP contribution in [0.5, 0.6) is 0 Å². The Morgan fingerprint density at radius 3 is 2.44 bits per heavy atom. The number of rotatable bonds is 6. The minimum absolute atomic E-state index is 0.488. The van der Waals surface area contributed by atoms with E-state index in [-0.39, 0.29) is 0 Å². The van der Waals surface area contributed by atoms with Crippen LogP contribution in [0.4, 0.5) is 0 Å². The maximum atomic E-state index is 3.50. The van der Waals surface area contributed by atoms with Gasteiger partial charge in [0, 0.05) is 34.5 Å². The standard InChI is InChI=1S/C11H18Br2N2S/c1-7(2)14-5-8(3)15-6-9-4-10(12)11(13)16-9/h4,7-8,14-15H,5-6H2,1-3H3. The summed E-state index contributed by atoms with van der Waals surface area (Å²) in [5.41, 5.74) is 0. The topological polar surface area (TPSA) is 24.1 Å². The van der Waals surface area contributed by atoms with E-state index in [0.29, 0.717) is 12.1 Å². The van der Waals surface area contributed by atoms with E-state index < -0.39 is 0 Å². The molecule has 0 saturated carbocycles. The summed E-state index contributed by atoms with van der Waals surface area (Å²) in [6.45, 7) is 8.47. The molecule has 0 bridgehead atoms. The van der Waals surface area contributed by atoms with Crippen LogP contribution in [0.2, 0.25) is 0 Å². The lowest BCUT2D eigenvalue weighted by Gasteiger charge is -2.15. The molecule has 0 amide bonds. The molecule has 2 nitrogen and oxygen atoms in total. The molecule has 0 saturated heterocycles. The first kappa shape index (κ1) is 14.6. The van der Waals surface area contributed by atoms with Crippen LogP contribution in [0.15, 0.2) is 14.3 Å². The van der Waals surface area contributed by atoms with Gasteiger partial charge in [0.25, 0.3) is 0 Å². The highest BCUT2D eigenvalue weighted by Crippen LogP contribution is 2.32. The molecule has 1 aromatic heterocycles. The Hall–Kier alpha value is 0.580. The van der Waals surface area contributed by atoms with Gasteiger partial charge in [0.05, 0.1) is 3.79 Å². The van der Waals surface area contributed by atoms with Crippen molar-refractivity contribution in [1.29, 1.82) is 0 Å². The summed E-state index contributed by atoms with van der Waals surface area (Å²) in [5.74, 6) is 0. The second kappa shape index (κ2) is 7.11. The third-order valence-electron chi connectivity index (χ3n) is 2.15. The fourth-order valence-electron chi connectivity index (χ4n) is 1.24. The van der Waals surface area contributed by atoms with Gasteiger partial charge in [-0.25, -0.2) is 0 Å². The number of hydrogen-bond donors (Lipinski definition) is 2. The lowest BCUT2D eigenvalue weighted by Crippen LogP contribution is -2.38. The number of thiophene rings is 1. The fourth-order valence-corrected chi connectivity index (χ4v) is 3.37. The van der Waals surface area contributed by atoms with Gasteiger partial charge in [0.15, 0.2) is 0 Å². The Morgan fingerprint density at radius 1 is 1.25 bits per heavy atom. The average molecular weight is 370 g/mol. The summed E-state index contributed by atoms with van der Waals surface area (Å²) < 4.78 is 2.31. The second-order valence-electron chi connectivity index (χ2n) is 4.18. The van der Waals surface area contributed by atoms with Crippen molar-refractivity contribution in [3.05, 3.63) is 19.2 Å². The van der Waals surface area contributed by atoms with Gasteiger partial charge in [-0.05, 0) is 44.8 Å². The summed E-state index contributed by atoms with van der Waals surface area (Å²) in [5, 5.41) is 6.92. The maximum absolute atomic E-state index is 3.50. The van der Waals surface area contributed by atoms with E-state index in [1.165, 1.54) is 4.88 Å². The van der Waals surface area contributed by atoms with Crippen molar-refractivity contribution < 1.29 is 0 Å². The molecule has 1 heterocycles. The van der Waals surface area contributed by atoms with Gasteiger partial charge < -0.3 is 10.6 Å². The SMILES string of the molecule is CC(C)NCC(C)NCc1cc(Br)c(Br)s1. The molecule has 0 aliphatic carbocycles. The van der Waals surface area contributed by atoms with Crippen molar-refractivity contribution in [3.63, 3.8) is 0 Å². The first-order chi connectivity index (χ1) is 7.49. The Kier molecular flexibility index (Phi) is 6.51. The highest BCUT2D eigenvalue weighted by Gasteiger charge is 2.06. The van der Waals surface area contributed by atoms with Crippen LogP contribution in [-0.4, -0.2) is 18.6 Å². The molecule has 0 radical (unpaired) electrons. The Labute approximate surface area is 118 Å². The molecule has 1 unspecified atom stereocenters. The minimum Gasteiger partial charge on any atom is -0.313 e. The molecule has 2 N–H and O–H groups in total. The van der Waals surface area contributed by atoms with E-state index in [9.17, 15) is 0 Å². The van der Waals surface area contributed by atoms with Crippen molar-refractivity contribution >= 4 is 43.2 Å². The minimum atomic E-state index is 0.488. The van der Waals surface area contributed by atoms with Gasteiger partial charge in [-0.2, -0.15) is 0 Å². The Morgan fingerprint density at radius 2 is 1.94 bits per heavy atom. The molecule has 0 fully saturated rings. The summed E-state index contributed by atoms with van der Waals surface area (Å²) in [4.78, 5) is 1.34. The third-order valence-corrected chi connectivity index (χ3v) is 5.41. The first-order valence-electron chi connectivity index (χ1n) is 5.39. The molecular weight excluding hydrogens is 352 g/mol. The average Bonchev–Trinajstić information content (AvgIpc) is 2.52. The molecule has 1 atom stereocenters. The van der Waals surface area contributed by atoms with Crippen molar-refractivity contribution in [2.45, 2.75) is 39.4 Å². The van der Waals surface area contributed by atoms with E-state index in [1.807, 2.05) is 0 Å². The normalized spacial score (nSPS) is 13.4. The van der Waals surface area contributed by atoms with Gasteiger partial charge in [-0.15, -0.1) is 11.3 Å². The van der Waals surface area contributed by atoms with Crippen molar-refractivity contribution in [1.82, 2.24) is 10.6 Å². The van der Waals surface area contributed by atoms with E-state index in [2.05, 4.69) is 69.3 Å². The number of halogens is 2. The molecule has 0 aliphatic rings. The molecule has 1 rings (SSSR count). The van der Waals surface area contributed by atoms with Crippen LogP contribution >= 0.6 is 43.2 Å². The number of hydrogen-bond acceptors (Lipinski definition) is 3. The quantitative estimate of drug-likeness (QED) is 0.797. The zero-order chi connectivity index (χ0) is 12.1. The summed E-state index contributed by atoms with van der Waals surface area (Å²) >= 11 is 8.77. The smallest absolute Gasteiger partial charge is 0.0843 e. The zero-order valence-corrected chi connectivity index (χ0v) is 13.8. The van der Waals surface area contributed by atoms with Gasteiger partial charge in [-0.3, -0.25) is 0 Å². The second-order valence-corrected chi connectivity index (χ2v) is 7.49. The van der Waals surface area contributed by atoms with E-state index in [1.54, 1.807) is 11.3 Å². The molecule has 0 aromatic carbocycles. The van der Waals surface area contributed by atoms with Crippen LogP contribution in [0.25, 0.3) is 0 Å². The van der Waals surface area contributed by atoms with Gasteiger partial charge in [0.2, 0.25) is 0 Å². The molecule has 92 valence electrons. The van der Waals surface area contributed by atoms with Gasteiger partial charge in [-0.1, -0.05) is 13.8 Å². The van der Waals surface area contributed by atoms with Gasteiger partial charge in [0.1, 0.15) is 0 Å². The molecule has 16 heavy (non-hydrogen) atoms. The van der Waals surface area contributed by atoms with Crippen LogP contribution in [0.3, 0.4) is 0 Å². The summed E-state index contributed by atoms with van der Waals surface area (Å²) in [6.07, 6.45) is 0. The van der Waals surface area contributed by atoms with Crippen LogP contribution in [-0.2, 0) is 6.54 Å². The van der Waals surface area contributed by atoms with Gasteiger partial charge >= 0.3 is 0 Å². The van der Waals surface area contributed by atoms with Crippen LogP contribution < -0.4 is 10.6 Å². The largest absolute Gasteiger partial charge is 0.313 e. The Bertz CT molecular complexity index is 306. The Balaban J connectivity index is 2.28. The first-order valence-corrected chi connectivity index (χ1v) is 7.79. The zero-order valence-electron chi connectivity index (χ0n) is 9.81. The van der Waals surface area contributed by atoms with Crippen molar-refractivity contribution in [2.24, 2.45) is 0 Å². The lowest BCUT2D eigenvalue weighted by atomic mass is 10.3. The number of nitrogens with one attached hydrogen (secondary N) is 2. The summed E-state index contributed by atoms with van der Waals surface area (Å²) in [6, 6.07) is 3.20.